The van der Waals surface area contributed by atoms with E-state index in [0.29, 0.717) is 23.6 Å². The van der Waals surface area contributed by atoms with Crippen LogP contribution in [0.2, 0.25) is 0 Å². The molecule has 0 atom stereocenters. The number of rotatable bonds is 23. The fourth-order valence-corrected chi connectivity index (χ4v) is 6.44. The van der Waals surface area contributed by atoms with Gasteiger partial charge in [-0.05, 0) is 69.7 Å². The summed E-state index contributed by atoms with van der Waals surface area (Å²) in [4.78, 5) is 39.2. The van der Waals surface area contributed by atoms with Crippen LogP contribution in [0.15, 0.2) is 85.2 Å². The van der Waals surface area contributed by atoms with Gasteiger partial charge in [0.2, 0.25) is 11.8 Å². The first-order valence-corrected chi connectivity index (χ1v) is 25.7. The van der Waals surface area contributed by atoms with E-state index in [2.05, 4.69) is 58.7 Å². The van der Waals surface area contributed by atoms with Gasteiger partial charge in [0.1, 0.15) is 19.9 Å². The number of ether oxygens (including phenoxy) is 6. The van der Waals surface area contributed by atoms with E-state index in [-0.39, 0.29) is 67.0 Å². The molecule has 6 aromatic rings. The standard InChI is InChI=1S/C28H35F5N4O5S.C21H19F5N4O4.Na/c1-26(2,24(38)39-3)16-41-22-12-11-21(15-34-22)19-7-9-20(10-8-19)23-35-25(42-17-27(29,30)28(31,32)33)37(36-23)18-40-13-14-43(4,5)6;1-19(2,17(31)32)10-33-15-8-7-14(9-27-15)12-3-5-13(6-4-12)16-28-18(30-29-16)34-11-20(22,23)21(24,25)26;/h7-12,15H,13-14,16-18H2,1-6H3;3-9H,10-11H2,1-2H3,(H,31,32)(H,28,29,30);/q;;+1. The Morgan fingerprint density at radius 2 is 1.08 bits per heavy atom. The van der Waals surface area contributed by atoms with E-state index in [0.717, 1.165) is 32.7 Å². The van der Waals surface area contributed by atoms with E-state index in [9.17, 15) is 53.5 Å². The molecule has 29 heteroatoms. The van der Waals surface area contributed by atoms with Gasteiger partial charge in [0.05, 0.1) is 24.5 Å². The predicted molar refractivity (Wildman–Crippen MR) is 261 cm³/mol. The molecule has 0 fully saturated rings. The zero-order valence-electron chi connectivity index (χ0n) is 43.6. The summed E-state index contributed by atoms with van der Waals surface area (Å²) in [5.41, 5.74) is 2.03. The Balaban J connectivity index is 0.000000341. The van der Waals surface area contributed by atoms with Crippen LogP contribution in [-0.4, -0.2) is 146 Å². The third-order valence-corrected chi connectivity index (χ3v) is 12.1. The van der Waals surface area contributed by atoms with E-state index in [1.165, 1.54) is 21.0 Å². The molecular weight excluding hydrogens is 1090 g/mol. The Hall–Kier alpha value is -6.23. The molecule has 2 N–H and O–H groups in total. The van der Waals surface area contributed by atoms with Gasteiger partial charge in [-0.3, -0.25) is 14.7 Å². The van der Waals surface area contributed by atoms with E-state index < -0.39 is 82.2 Å². The molecule has 0 saturated heterocycles. The molecule has 0 bridgehead atoms. The first kappa shape index (κ1) is 64.3. The summed E-state index contributed by atoms with van der Waals surface area (Å²) in [6.45, 7) is 2.68. The Kier molecular flexibility index (Phi) is 21.6. The average Bonchev–Trinajstić information content (AvgIpc) is 4.03. The van der Waals surface area contributed by atoms with Crippen LogP contribution in [0.3, 0.4) is 0 Å². The number of benzene rings is 2. The number of aromatic amines is 1. The minimum atomic E-state index is -5.78. The first-order chi connectivity index (χ1) is 35.7. The molecule has 0 amide bonds. The molecule has 17 nitrogen and oxygen atoms in total. The van der Waals surface area contributed by atoms with E-state index in [4.69, 9.17) is 28.8 Å². The Morgan fingerprint density at radius 3 is 1.53 bits per heavy atom. The fourth-order valence-electron chi connectivity index (χ4n) is 5.83. The number of esters is 1. The third-order valence-electron chi connectivity index (χ3n) is 10.7. The van der Waals surface area contributed by atoms with Crippen LogP contribution in [-0.2, 0) is 25.8 Å². The molecule has 4 aromatic heterocycles. The van der Waals surface area contributed by atoms with Crippen molar-refractivity contribution in [1.82, 2.24) is 39.9 Å². The molecule has 4 heterocycles. The van der Waals surface area contributed by atoms with Gasteiger partial charge in [-0.15, -0.1) is 10.2 Å². The Labute approximate surface area is 464 Å². The Bertz CT molecular complexity index is 2880. The number of carboxylic acids is 1. The number of alkyl halides is 10. The SMILES string of the molecule is CC(C)(COc1ccc(-c2ccc(-c3nc(OCC(F)(F)C(F)(F)F)n[nH]3)cc2)cn1)C(=O)O.COC(=O)C(C)(C)COc1ccc(-c2ccc(-c3nc(OCC(F)(F)C(F)(F)F)n(COCCS(C)(C)C)n3)cc2)cn1.[Na+]. The molecule has 420 valence electrons. The topological polar surface area (TPSA) is 208 Å². The second-order valence-electron chi connectivity index (χ2n) is 19.1. The van der Waals surface area contributed by atoms with Crippen LogP contribution < -0.4 is 48.5 Å². The van der Waals surface area contributed by atoms with Gasteiger partial charge < -0.3 is 33.5 Å². The largest absolute Gasteiger partial charge is 1.00 e. The number of carbonyl (C=O) groups is 2. The molecule has 78 heavy (non-hydrogen) atoms. The van der Waals surface area contributed by atoms with Crippen molar-refractivity contribution in [3.63, 3.8) is 0 Å². The maximum absolute atomic E-state index is 13.5. The van der Waals surface area contributed by atoms with Crippen molar-refractivity contribution in [2.24, 2.45) is 10.8 Å². The number of carboxylic acid groups (broad SMARTS) is 1. The minimum absolute atomic E-state index is 0. The third kappa shape index (κ3) is 18.2. The normalized spacial score (nSPS) is 12.6. The van der Waals surface area contributed by atoms with E-state index >= 15 is 0 Å². The molecule has 0 spiro atoms. The summed E-state index contributed by atoms with van der Waals surface area (Å²) in [7, 11) is 0.437. The fraction of sp³-hybridized carbons (Fsp3) is 0.429. The average molecular weight is 1140 g/mol. The van der Waals surface area contributed by atoms with Crippen LogP contribution >= 0.6 is 10.0 Å². The van der Waals surface area contributed by atoms with Crippen molar-refractivity contribution in [3.8, 4) is 68.8 Å². The maximum Gasteiger partial charge on any atom is 1.00 e. The van der Waals surface area contributed by atoms with Crippen LogP contribution in [0, 0.1) is 10.8 Å². The number of nitrogens with one attached hydrogen (secondary N) is 1. The number of aromatic nitrogens is 8. The molecule has 2 aromatic carbocycles. The van der Waals surface area contributed by atoms with Gasteiger partial charge in [0.15, 0.2) is 24.9 Å². The van der Waals surface area contributed by atoms with Crippen molar-refractivity contribution in [1.29, 1.82) is 0 Å². The van der Waals surface area contributed by atoms with Crippen LogP contribution in [0.4, 0.5) is 43.9 Å². The maximum atomic E-state index is 13.5. The number of aliphatic carboxylic acids is 1. The number of hydrogen-bond acceptors (Lipinski definition) is 14. The molecule has 0 aliphatic rings. The number of nitrogens with zero attached hydrogens (tertiary/aromatic N) is 7. The Morgan fingerprint density at radius 1 is 0.615 bits per heavy atom. The summed E-state index contributed by atoms with van der Waals surface area (Å²) in [5, 5.41) is 19.3. The van der Waals surface area contributed by atoms with Gasteiger partial charge in [0.25, 0.3) is 0 Å². The zero-order chi connectivity index (χ0) is 57.2. The summed E-state index contributed by atoms with van der Waals surface area (Å²) in [6, 6.07) is 19.1. The van der Waals surface area contributed by atoms with Crippen molar-refractivity contribution in [2.45, 2.75) is 58.6 Å². The number of hydrogen-bond donors (Lipinski definition) is 2. The predicted octanol–water partition coefficient (Wildman–Crippen LogP) is 7.43. The smallest absolute Gasteiger partial charge is 0.481 e. The van der Waals surface area contributed by atoms with Crippen LogP contribution in [0.5, 0.6) is 23.8 Å². The number of pyridine rings is 2. The van der Waals surface area contributed by atoms with Crippen molar-refractivity contribution in [3.05, 3.63) is 85.2 Å². The molecule has 0 aliphatic heterocycles. The minimum Gasteiger partial charge on any atom is -0.481 e. The summed E-state index contributed by atoms with van der Waals surface area (Å²) >= 11 is 0. The zero-order valence-corrected chi connectivity index (χ0v) is 46.4. The quantitative estimate of drug-likeness (QED) is 0.0277. The van der Waals surface area contributed by atoms with Gasteiger partial charge in [-0.25, -0.2) is 20.0 Å². The summed E-state index contributed by atoms with van der Waals surface area (Å²) in [6.07, 6.45) is -2.11. The van der Waals surface area contributed by atoms with Crippen molar-refractivity contribution >= 4 is 22.0 Å². The van der Waals surface area contributed by atoms with Gasteiger partial charge in [0, 0.05) is 52.5 Å². The summed E-state index contributed by atoms with van der Waals surface area (Å²) < 4.78 is 159. The molecule has 6 rings (SSSR count). The molecule has 0 radical (unpaired) electrons. The van der Waals surface area contributed by atoms with Gasteiger partial charge >= 0.3 is 77.7 Å². The molecule has 0 unspecified atom stereocenters. The molecule has 0 aliphatic carbocycles. The second-order valence-corrected chi connectivity index (χ2v) is 23.7. The monoisotopic (exact) mass is 1140 g/mol. The van der Waals surface area contributed by atoms with Gasteiger partial charge in [-0.2, -0.15) is 58.6 Å². The molecule has 0 saturated carbocycles. The van der Waals surface area contributed by atoms with Crippen LogP contribution in [0.1, 0.15) is 27.7 Å². The van der Waals surface area contributed by atoms with E-state index in [1.54, 1.807) is 99.0 Å². The number of methoxy groups -OCH3 is 1. The number of H-pyrrole nitrogens is 1. The first-order valence-electron chi connectivity index (χ1n) is 22.7. The van der Waals surface area contributed by atoms with E-state index in [1.807, 2.05) is 0 Å². The van der Waals surface area contributed by atoms with Crippen LogP contribution in [0.25, 0.3) is 45.0 Å². The summed E-state index contributed by atoms with van der Waals surface area (Å²) in [5.74, 6) is -10.0. The van der Waals surface area contributed by atoms with Crippen molar-refractivity contribution < 1.29 is 117 Å². The number of carbonyl (C=O) groups excluding carboxylic acids is 1. The molecular formula is C49H54F10N8NaO9S+. The van der Waals surface area contributed by atoms with Crippen molar-refractivity contribution in [2.75, 3.05) is 64.7 Å². The van der Waals surface area contributed by atoms with Gasteiger partial charge in [-0.1, -0.05) is 48.5 Å². The number of halogens is 10. The second kappa shape index (κ2) is 26.2.